The second kappa shape index (κ2) is 5.54. The average molecular weight is 274 g/mol. The van der Waals surface area contributed by atoms with E-state index in [4.69, 9.17) is 0 Å². The molecule has 0 spiro atoms. The maximum atomic E-state index is 11.5. The molecule has 4 heteroatoms. The third-order valence-electron chi connectivity index (χ3n) is 4.39. The summed E-state index contributed by atoms with van der Waals surface area (Å²) in [5.41, 5.74) is 3.16. The molecule has 0 bridgehead atoms. The maximum absolute atomic E-state index is 11.5. The van der Waals surface area contributed by atoms with Gasteiger partial charge in [0.2, 0.25) is 5.91 Å². The first-order valence-electron chi connectivity index (χ1n) is 7.46. The molecule has 1 atom stereocenters. The van der Waals surface area contributed by atoms with E-state index in [2.05, 4.69) is 11.0 Å². The molecule has 3 rings (SSSR count). The Hall–Kier alpha value is -1.39. The molecule has 1 unspecified atom stereocenters. The second-order valence-electron chi connectivity index (χ2n) is 5.83. The molecule has 0 saturated carbocycles. The van der Waals surface area contributed by atoms with Crippen molar-refractivity contribution in [2.75, 3.05) is 31.1 Å². The average Bonchev–Trinajstić information content (AvgIpc) is 3.06. The third kappa shape index (κ3) is 2.58. The van der Waals surface area contributed by atoms with Gasteiger partial charge in [-0.3, -0.25) is 4.79 Å². The number of hydrogen-bond acceptors (Lipinski definition) is 3. The molecule has 20 heavy (non-hydrogen) atoms. The first-order chi connectivity index (χ1) is 9.65. The quantitative estimate of drug-likeness (QED) is 0.913. The molecule has 4 nitrogen and oxygen atoms in total. The molecule has 1 saturated heterocycles. The zero-order chi connectivity index (χ0) is 14.1. The standard InChI is InChI=1S/C16H22N2O2/c1-12(19)18-9-6-13-10-14(4-5-15(13)18)16(20)11-17-7-2-3-8-17/h4-5,10,16,20H,2-3,6-9,11H2,1H3. The molecular weight excluding hydrogens is 252 g/mol. The highest BCUT2D eigenvalue weighted by Gasteiger charge is 2.24. The van der Waals surface area contributed by atoms with Gasteiger partial charge in [-0.2, -0.15) is 0 Å². The maximum Gasteiger partial charge on any atom is 0.223 e. The predicted octanol–water partition coefficient (Wildman–Crippen LogP) is 1.72. The van der Waals surface area contributed by atoms with E-state index in [0.717, 1.165) is 43.9 Å². The van der Waals surface area contributed by atoms with Crippen molar-refractivity contribution in [2.45, 2.75) is 32.3 Å². The molecule has 0 aliphatic carbocycles. The summed E-state index contributed by atoms with van der Waals surface area (Å²) < 4.78 is 0. The first-order valence-corrected chi connectivity index (χ1v) is 7.46. The molecule has 1 fully saturated rings. The number of amides is 1. The van der Waals surface area contributed by atoms with Gasteiger partial charge in [0.1, 0.15) is 0 Å². The topological polar surface area (TPSA) is 43.8 Å². The minimum atomic E-state index is -0.426. The van der Waals surface area contributed by atoms with Crippen molar-refractivity contribution < 1.29 is 9.90 Å². The summed E-state index contributed by atoms with van der Waals surface area (Å²) in [6.07, 6.45) is 2.94. The van der Waals surface area contributed by atoms with Gasteiger partial charge in [-0.25, -0.2) is 0 Å². The normalized spacial score (nSPS) is 20.2. The highest BCUT2D eigenvalue weighted by atomic mass is 16.3. The van der Waals surface area contributed by atoms with Gasteiger partial charge in [-0.15, -0.1) is 0 Å². The fourth-order valence-electron chi connectivity index (χ4n) is 3.27. The number of aliphatic hydroxyl groups is 1. The molecule has 2 aliphatic rings. The summed E-state index contributed by atoms with van der Waals surface area (Å²) in [5.74, 6) is 0.0918. The molecular formula is C16H22N2O2. The number of hydrogen-bond donors (Lipinski definition) is 1. The van der Waals surface area contributed by atoms with Gasteiger partial charge in [-0.1, -0.05) is 12.1 Å². The van der Waals surface area contributed by atoms with E-state index in [1.165, 1.54) is 18.4 Å². The predicted molar refractivity (Wildman–Crippen MR) is 78.8 cm³/mol. The Labute approximate surface area is 120 Å². The minimum Gasteiger partial charge on any atom is -0.387 e. The van der Waals surface area contributed by atoms with Crippen LogP contribution in [0.3, 0.4) is 0 Å². The molecule has 1 amide bonds. The molecule has 1 aromatic carbocycles. The minimum absolute atomic E-state index is 0.0918. The van der Waals surface area contributed by atoms with Crippen molar-refractivity contribution in [1.29, 1.82) is 0 Å². The van der Waals surface area contributed by atoms with E-state index in [1.807, 2.05) is 17.0 Å². The number of carbonyl (C=O) groups is 1. The molecule has 1 aromatic rings. The van der Waals surface area contributed by atoms with Crippen LogP contribution >= 0.6 is 0 Å². The van der Waals surface area contributed by atoms with Crippen molar-refractivity contribution in [1.82, 2.24) is 4.90 Å². The molecule has 1 N–H and O–H groups in total. The van der Waals surface area contributed by atoms with Crippen LogP contribution in [0.25, 0.3) is 0 Å². The van der Waals surface area contributed by atoms with Crippen LogP contribution in [-0.2, 0) is 11.2 Å². The van der Waals surface area contributed by atoms with Crippen LogP contribution < -0.4 is 4.90 Å². The van der Waals surface area contributed by atoms with E-state index in [1.54, 1.807) is 6.92 Å². The summed E-state index contributed by atoms with van der Waals surface area (Å²) in [6.45, 7) is 5.27. The van der Waals surface area contributed by atoms with E-state index in [0.29, 0.717) is 0 Å². The summed E-state index contributed by atoms with van der Waals surface area (Å²) in [7, 11) is 0. The van der Waals surface area contributed by atoms with Crippen molar-refractivity contribution in [2.24, 2.45) is 0 Å². The van der Waals surface area contributed by atoms with Gasteiger partial charge in [0.05, 0.1) is 6.10 Å². The summed E-state index contributed by atoms with van der Waals surface area (Å²) in [4.78, 5) is 15.7. The van der Waals surface area contributed by atoms with Crippen LogP contribution in [0.1, 0.15) is 37.0 Å². The lowest BCUT2D eigenvalue weighted by Crippen LogP contribution is -2.26. The Bertz CT molecular complexity index is 509. The van der Waals surface area contributed by atoms with E-state index >= 15 is 0 Å². The smallest absolute Gasteiger partial charge is 0.223 e. The van der Waals surface area contributed by atoms with Gasteiger partial charge in [0.15, 0.2) is 0 Å². The summed E-state index contributed by atoms with van der Waals surface area (Å²) in [6, 6.07) is 6.01. The number of anilines is 1. The lowest BCUT2D eigenvalue weighted by Gasteiger charge is -2.20. The molecule has 2 heterocycles. The molecule has 2 aliphatic heterocycles. The third-order valence-corrected chi connectivity index (χ3v) is 4.39. The number of β-amino-alcohol motifs (C(OH)–C–C–N with tert-alkyl or cyclic N) is 1. The second-order valence-corrected chi connectivity index (χ2v) is 5.83. The molecule has 0 aromatic heterocycles. The molecule has 0 radical (unpaired) electrons. The Balaban J connectivity index is 1.74. The lowest BCUT2D eigenvalue weighted by atomic mass is 10.0. The van der Waals surface area contributed by atoms with Crippen LogP contribution in [0.15, 0.2) is 18.2 Å². The monoisotopic (exact) mass is 274 g/mol. The van der Waals surface area contributed by atoms with Crippen molar-refractivity contribution in [3.8, 4) is 0 Å². The Morgan fingerprint density at radius 2 is 2.05 bits per heavy atom. The zero-order valence-corrected chi connectivity index (χ0v) is 12.0. The van der Waals surface area contributed by atoms with Crippen LogP contribution in [0, 0.1) is 0 Å². The van der Waals surface area contributed by atoms with Crippen molar-refractivity contribution >= 4 is 11.6 Å². The van der Waals surface area contributed by atoms with Gasteiger partial charge < -0.3 is 14.9 Å². The number of carbonyl (C=O) groups excluding carboxylic acids is 1. The number of rotatable bonds is 3. The zero-order valence-electron chi connectivity index (χ0n) is 12.0. The Morgan fingerprint density at radius 3 is 2.75 bits per heavy atom. The summed E-state index contributed by atoms with van der Waals surface area (Å²) in [5, 5.41) is 10.4. The Morgan fingerprint density at radius 1 is 1.30 bits per heavy atom. The van der Waals surface area contributed by atoms with E-state index < -0.39 is 6.10 Å². The number of fused-ring (bicyclic) bond motifs is 1. The molecule has 108 valence electrons. The Kier molecular flexibility index (Phi) is 3.76. The number of nitrogens with zero attached hydrogens (tertiary/aromatic N) is 2. The van der Waals surface area contributed by atoms with Crippen LogP contribution in [0.4, 0.5) is 5.69 Å². The fourth-order valence-corrected chi connectivity index (χ4v) is 3.27. The first kappa shape index (κ1) is 13.6. The SMILES string of the molecule is CC(=O)N1CCc2cc(C(O)CN3CCCC3)ccc21. The van der Waals surface area contributed by atoms with Crippen molar-refractivity contribution in [3.63, 3.8) is 0 Å². The van der Waals surface area contributed by atoms with Crippen LogP contribution in [0.5, 0.6) is 0 Å². The van der Waals surface area contributed by atoms with Gasteiger partial charge in [0, 0.05) is 25.7 Å². The van der Waals surface area contributed by atoms with Gasteiger partial charge >= 0.3 is 0 Å². The number of benzene rings is 1. The van der Waals surface area contributed by atoms with E-state index in [-0.39, 0.29) is 5.91 Å². The van der Waals surface area contributed by atoms with Crippen LogP contribution in [0.2, 0.25) is 0 Å². The van der Waals surface area contributed by atoms with Crippen molar-refractivity contribution in [3.05, 3.63) is 29.3 Å². The van der Waals surface area contributed by atoms with Gasteiger partial charge in [0.25, 0.3) is 0 Å². The van der Waals surface area contributed by atoms with Gasteiger partial charge in [-0.05, 0) is 49.5 Å². The fraction of sp³-hybridized carbons (Fsp3) is 0.562. The number of likely N-dealkylation sites (tertiary alicyclic amines) is 1. The number of aliphatic hydroxyl groups excluding tert-OH is 1. The van der Waals surface area contributed by atoms with Crippen LogP contribution in [-0.4, -0.2) is 42.1 Å². The lowest BCUT2D eigenvalue weighted by molar-refractivity contribution is -0.116. The van der Waals surface area contributed by atoms with E-state index in [9.17, 15) is 9.90 Å². The summed E-state index contributed by atoms with van der Waals surface area (Å²) >= 11 is 0. The largest absolute Gasteiger partial charge is 0.387 e. The highest BCUT2D eigenvalue weighted by Crippen LogP contribution is 2.31. The highest BCUT2D eigenvalue weighted by molar-refractivity contribution is 5.93.